The van der Waals surface area contributed by atoms with Gasteiger partial charge in [0, 0.05) is 18.9 Å². The number of ether oxygens (including phenoxy) is 1. The van der Waals surface area contributed by atoms with Gasteiger partial charge in [0.15, 0.2) is 0 Å². The lowest BCUT2D eigenvalue weighted by atomic mass is 9.86. The number of H-pyrrole nitrogens is 1. The highest BCUT2D eigenvalue weighted by Gasteiger charge is 2.36. The van der Waals surface area contributed by atoms with E-state index in [2.05, 4.69) is 16.3 Å². The molecule has 6 heteroatoms. The van der Waals surface area contributed by atoms with Gasteiger partial charge in [0.25, 0.3) is 0 Å². The van der Waals surface area contributed by atoms with Crippen LogP contribution >= 0.6 is 0 Å². The molecular formula is C18H15N5O. The van der Waals surface area contributed by atoms with Gasteiger partial charge in [0.2, 0.25) is 11.8 Å². The van der Waals surface area contributed by atoms with Gasteiger partial charge < -0.3 is 15.0 Å². The first-order valence-electron chi connectivity index (χ1n) is 7.53. The maximum absolute atomic E-state index is 9.64. The van der Waals surface area contributed by atoms with Crippen LogP contribution in [0.5, 0.6) is 5.88 Å². The number of hydrogen-bond donors (Lipinski definition) is 2. The highest BCUT2D eigenvalue weighted by atomic mass is 16.5. The molecule has 3 heterocycles. The van der Waals surface area contributed by atoms with Crippen LogP contribution in [0.1, 0.15) is 17.2 Å². The normalized spacial score (nSPS) is 16.4. The topological polar surface area (TPSA) is 92.7 Å². The number of fused-ring (bicyclic) bond motifs is 1. The molecule has 118 valence electrons. The predicted octanol–water partition coefficient (Wildman–Crippen LogP) is 2.63. The second kappa shape index (κ2) is 5.32. The predicted molar refractivity (Wildman–Crippen MR) is 88.7 cm³/mol. The number of hydrogen-bond acceptors (Lipinski definition) is 4. The Balaban J connectivity index is 1.98. The quantitative estimate of drug-likeness (QED) is 0.760. The second-order valence-electron chi connectivity index (χ2n) is 5.65. The SMILES string of the molecule is Cn1cccc1[C@@H]1C(C#N)=C(N)Oc2n[nH]c(-c3ccccc3)c21. The number of rotatable bonds is 2. The summed E-state index contributed by atoms with van der Waals surface area (Å²) in [4.78, 5) is 0. The molecular weight excluding hydrogens is 302 g/mol. The van der Waals surface area contributed by atoms with E-state index >= 15 is 0 Å². The number of aryl methyl sites for hydroxylation is 1. The number of nitrogens with one attached hydrogen (secondary N) is 1. The highest BCUT2D eigenvalue weighted by molar-refractivity contribution is 5.70. The molecule has 1 aliphatic rings. The molecule has 24 heavy (non-hydrogen) atoms. The third kappa shape index (κ3) is 1.99. The number of nitriles is 1. The number of aromatic nitrogens is 3. The van der Waals surface area contributed by atoms with E-state index < -0.39 is 0 Å². The van der Waals surface area contributed by atoms with Crippen LogP contribution in [0, 0.1) is 11.3 Å². The Morgan fingerprint density at radius 3 is 2.71 bits per heavy atom. The van der Waals surface area contributed by atoms with Crippen molar-refractivity contribution in [2.75, 3.05) is 0 Å². The van der Waals surface area contributed by atoms with E-state index in [0.717, 1.165) is 22.5 Å². The number of benzene rings is 1. The summed E-state index contributed by atoms with van der Waals surface area (Å²) in [6, 6.07) is 16.0. The first-order chi connectivity index (χ1) is 11.7. The Morgan fingerprint density at radius 2 is 2.04 bits per heavy atom. The average Bonchev–Trinajstić information content (AvgIpc) is 3.20. The van der Waals surface area contributed by atoms with Gasteiger partial charge in [-0.05, 0) is 17.7 Å². The third-order valence-corrected chi connectivity index (χ3v) is 4.28. The van der Waals surface area contributed by atoms with E-state index in [1.54, 1.807) is 0 Å². The minimum atomic E-state index is -0.326. The molecule has 3 N–H and O–H groups in total. The van der Waals surface area contributed by atoms with E-state index in [9.17, 15) is 5.26 Å². The second-order valence-corrected chi connectivity index (χ2v) is 5.65. The van der Waals surface area contributed by atoms with Crippen molar-refractivity contribution in [1.29, 1.82) is 5.26 Å². The molecule has 0 bridgehead atoms. The Kier molecular flexibility index (Phi) is 3.14. The minimum absolute atomic E-state index is 0.0994. The maximum Gasteiger partial charge on any atom is 0.244 e. The molecule has 2 aromatic heterocycles. The van der Waals surface area contributed by atoms with Crippen molar-refractivity contribution in [3.8, 4) is 23.2 Å². The van der Waals surface area contributed by atoms with Crippen LogP contribution < -0.4 is 10.5 Å². The lowest BCUT2D eigenvalue weighted by Gasteiger charge is -2.24. The van der Waals surface area contributed by atoms with Gasteiger partial charge >= 0.3 is 0 Å². The van der Waals surface area contributed by atoms with Gasteiger partial charge in [-0.1, -0.05) is 30.3 Å². The molecule has 0 unspecified atom stereocenters. The van der Waals surface area contributed by atoms with Crippen LogP contribution in [0.2, 0.25) is 0 Å². The van der Waals surface area contributed by atoms with Crippen molar-refractivity contribution in [2.45, 2.75) is 5.92 Å². The molecule has 1 aliphatic heterocycles. The van der Waals surface area contributed by atoms with Gasteiger partial charge in [-0.2, -0.15) is 5.26 Å². The Morgan fingerprint density at radius 1 is 1.25 bits per heavy atom. The largest absolute Gasteiger partial charge is 0.420 e. The Bertz CT molecular complexity index is 975. The Labute approximate surface area is 138 Å². The molecule has 0 spiro atoms. The summed E-state index contributed by atoms with van der Waals surface area (Å²) in [5, 5.41) is 16.9. The van der Waals surface area contributed by atoms with Crippen LogP contribution in [0.25, 0.3) is 11.3 Å². The molecule has 1 atom stereocenters. The zero-order chi connectivity index (χ0) is 16.7. The van der Waals surface area contributed by atoms with E-state index in [1.165, 1.54) is 0 Å². The first kappa shape index (κ1) is 14.2. The minimum Gasteiger partial charge on any atom is -0.420 e. The van der Waals surface area contributed by atoms with Crippen molar-refractivity contribution < 1.29 is 4.74 Å². The zero-order valence-corrected chi connectivity index (χ0v) is 13.0. The number of nitrogens with zero attached hydrogens (tertiary/aromatic N) is 3. The molecule has 4 rings (SSSR count). The smallest absolute Gasteiger partial charge is 0.244 e. The molecule has 0 aliphatic carbocycles. The van der Waals surface area contributed by atoms with Crippen LogP contribution in [0.3, 0.4) is 0 Å². The summed E-state index contributed by atoms with van der Waals surface area (Å²) in [5.41, 5.74) is 9.95. The highest BCUT2D eigenvalue weighted by Crippen LogP contribution is 2.45. The molecule has 0 amide bonds. The van der Waals surface area contributed by atoms with Crippen LogP contribution in [-0.2, 0) is 7.05 Å². The molecule has 0 saturated carbocycles. The summed E-state index contributed by atoms with van der Waals surface area (Å²) in [6.45, 7) is 0. The van der Waals surface area contributed by atoms with Crippen molar-refractivity contribution >= 4 is 0 Å². The van der Waals surface area contributed by atoms with Gasteiger partial charge in [-0.3, -0.25) is 5.10 Å². The average molecular weight is 317 g/mol. The molecule has 6 nitrogen and oxygen atoms in total. The number of aromatic amines is 1. The fourth-order valence-corrected chi connectivity index (χ4v) is 3.14. The lowest BCUT2D eigenvalue weighted by Crippen LogP contribution is -2.22. The van der Waals surface area contributed by atoms with E-state index in [0.29, 0.717) is 11.5 Å². The molecule has 0 fully saturated rings. The summed E-state index contributed by atoms with van der Waals surface area (Å²) in [7, 11) is 1.94. The van der Waals surface area contributed by atoms with Crippen molar-refractivity contribution in [3.05, 3.63) is 71.4 Å². The maximum atomic E-state index is 9.64. The van der Waals surface area contributed by atoms with E-state index in [-0.39, 0.29) is 11.8 Å². The molecule has 0 radical (unpaired) electrons. The number of allylic oxidation sites excluding steroid dienone is 1. The van der Waals surface area contributed by atoms with Crippen molar-refractivity contribution in [3.63, 3.8) is 0 Å². The zero-order valence-electron chi connectivity index (χ0n) is 13.0. The van der Waals surface area contributed by atoms with Gasteiger partial charge in [-0.15, -0.1) is 5.10 Å². The Hall–Kier alpha value is -3.46. The molecule has 1 aromatic carbocycles. The summed E-state index contributed by atoms with van der Waals surface area (Å²) >= 11 is 0. The number of nitrogens with two attached hydrogens (primary N) is 1. The third-order valence-electron chi connectivity index (χ3n) is 4.28. The van der Waals surface area contributed by atoms with Crippen LogP contribution in [-0.4, -0.2) is 14.8 Å². The van der Waals surface area contributed by atoms with E-state index in [4.69, 9.17) is 10.5 Å². The monoisotopic (exact) mass is 317 g/mol. The fraction of sp³-hybridized carbons (Fsp3) is 0.111. The molecule has 3 aromatic rings. The first-order valence-corrected chi connectivity index (χ1v) is 7.53. The fourth-order valence-electron chi connectivity index (χ4n) is 3.14. The van der Waals surface area contributed by atoms with Gasteiger partial charge in [0.05, 0.1) is 17.2 Å². The van der Waals surface area contributed by atoms with Gasteiger partial charge in [0.1, 0.15) is 11.6 Å². The van der Waals surface area contributed by atoms with Crippen LogP contribution in [0.15, 0.2) is 60.1 Å². The van der Waals surface area contributed by atoms with E-state index in [1.807, 2.05) is 60.3 Å². The summed E-state index contributed by atoms with van der Waals surface area (Å²) < 4.78 is 7.57. The van der Waals surface area contributed by atoms with Crippen molar-refractivity contribution in [2.24, 2.45) is 12.8 Å². The molecule has 0 saturated heterocycles. The van der Waals surface area contributed by atoms with Crippen LogP contribution in [0.4, 0.5) is 0 Å². The summed E-state index contributed by atoms with van der Waals surface area (Å²) in [5.74, 6) is 0.187. The van der Waals surface area contributed by atoms with Crippen molar-refractivity contribution in [1.82, 2.24) is 14.8 Å². The van der Waals surface area contributed by atoms with Gasteiger partial charge in [-0.25, -0.2) is 0 Å². The lowest BCUT2D eigenvalue weighted by molar-refractivity contribution is 0.377. The summed E-state index contributed by atoms with van der Waals surface area (Å²) in [6.07, 6.45) is 1.94. The standard InChI is InChI=1S/C18H15N5O/c1-23-9-5-8-13(23)14-12(10-19)17(20)24-18-15(14)16(21-22-18)11-6-3-2-4-7-11/h2-9,14H,20H2,1H3,(H,21,22)/t14-/m0/s1.